The summed E-state index contributed by atoms with van der Waals surface area (Å²) in [7, 11) is 0. The Balaban J connectivity index is 1.95. The molecule has 0 atom stereocenters. The van der Waals surface area contributed by atoms with Crippen molar-refractivity contribution in [2.45, 2.75) is 0 Å². The lowest BCUT2D eigenvalue weighted by atomic mass is 9.96. The van der Waals surface area contributed by atoms with Crippen LogP contribution in [0.25, 0.3) is 39.3 Å². The van der Waals surface area contributed by atoms with Crippen LogP contribution in [0.15, 0.2) is 89.7 Å². The lowest BCUT2D eigenvalue weighted by Gasteiger charge is -2.14. The normalized spacial score (nSPS) is 10.6. The molecule has 0 bridgehead atoms. The van der Waals surface area contributed by atoms with Crippen molar-refractivity contribution in [1.29, 1.82) is 10.5 Å². The average Bonchev–Trinajstić information content (AvgIpc) is 2.89. The molecular weight excluding hydrogens is 446 g/mol. The van der Waals surface area contributed by atoms with Crippen molar-refractivity contribution >= 4 is 17.2 Å². The van der Waals surface area contributed by atoms with E-state index in [9.17, 15) is 15.3 Å². The number of nitriles is 2. The summed E-state index contributed by atoms with van der Waals surface area (Å²) < 4.78 is 1.05. The minimum Gasteiger partial charge on any atom is -0.266 e. The first-order chi connectivity index (χ1) is 16.6. The number of halogens is 1. The van der Waals surface area contributed by atoms with Crippen LogP contribution in [0.3, 0.4) is 0 Å². The van der Waals surface area contributed by atoms with Crippen LogP contribution in [0.1, 0.15) is 11.1 Å². The molecule has 3 aromatic carbocycles. The molecule has 0 radical (unpaired) electrons. The zero-order chi connectivity index (χ0) is 23.7. The first-order valence-corrected chi connectivity index (χ1v) is 10.7. The molecule has 6 nitrogen and oxygen atoms in total. The van der Waals surface area contributed by atoms with Crippen molar-refractivity contribution in [3.05, 3.63) is 111 Å². The maximum absolute atomic E-state index is 13.4. The van der Waals surface area contributed by atoms with Crippen LogP contribution in [0.5, 0.6) is 0 Å². The number of hydrogen-bond donors (Lipinski definition) is 0. The van der Waals surface area contributed by atoms with Crippen molar-refractivity contribution in [3.8, 4) is 45.8 Å². The van der Waals surface area contributed by atoms with Gasteiger partial charge in [-0.15, -0.1) is 0 Å². The molecule has 5 aromatic rings. The summed E-state index contributed by atoms with van der Waals surface area (Å²) in [6.45, 7) is 0. The third-order valence-corrected chi connectivity index (χ3v) is 5.68. The van der Waals surface area contributed by atoms with Gasteiger partial charge in [0.05, 0.1) is 0 Å². The van der Waals surface area contributed by atoms with E-state index in [4.69, 9.17) is 16.6 Å². The number of rotatable bonds is 3. The Kier molecular flexibility index (Phi) is 5.35. The van der Waals surface area contributed by atoms with E-state index in [1.54, 1.807) is 24.3 Å². The van der Waals surface area contributed by atoms with Gasteiger partial charge in [0.25, 0.3) is 5.56 Å². The Morgan fingerprint density at radius 2 is 1.26 bits per heavy atom. The van der Waals surface area contributed by atoms with Gasteiger partial charge in [-0.1, -0.05) is 84.4 Å². The van der Waals surface area contributed by atoms with Gasteiger partial charge in [0.1, 0.15) is 34.7 Å². The molecule has 0 saturated heterocycles. The highest BCUT2D eigenvalue weighted by molar-refractivity contribution is 6.30. The van der Waals surface area contributed by atoms with E-state index in [-0.39, 0.29) is 22.3 Å². The van der Waals surface area contributed by atoms with Gasteiger partial charge in [0, 0.05) is 21.7 Å². The second-order valence-electron chi connectivity index (χ2n) is 7.44. The zero-order valence-corrected chi connectivity index (χ0v) is 18.4. The Hall–Kier alpha value is -4.78. The number of pyridine rings is 1. The smallest absolute Gasteiger partial charge is 0.266 e. The van der Waals surface area contributed by atoms with Gasteiger partial charge >= 0.3 is 0 Å². The first-order valence-electron chi connectivity index (χ1n) is 10.3. The van der Waals surface area contributed by atoms with Crippen LogP contribution >= 0.6 is 11.6 Å². The van der Waals surface area contributed by atoms with Gasteiger partial charge < -0.3 is 0 Å². The van der Waals surface area contributed by atoms with Gasteiger partial charge in [0.15, 0.2) is 5.65 Å². The summed E-state index contributed by atoms with van der Waals surface area (Å²) in [4.78, 5) is 18.2. The molecule has 2 aromatic heterocycles. The summed E-state index contributed by atoms with van der Waals surface area (Å²) in [5, 5.41) is 25.1. The molecule has 0 saturated carbocycles. The summed E-state index contributed by atoms with van der Waals surface area (Å²) in [6.07, 6.45) is 0. The van der Waals surface area contributed by atoms with Gasteiger partial charge in [-0.3, -0.25) is 4.79 Å². The second-order valence-corrected chi connectivity index (χ2v) is 7.87. The number of fused-ring (bicyclic) bond motifs is 1. The molecule has 0 aliphatic heterocycles. The number of benzene rings is 3. The van der Waals surface area contributed by atoms with E-state index in [1.807, 2.05) is 66.7 Å². The number of aromatic nitrogens is 3. The summed E-state index contributed by atoms with van der Waals surface area (Å²) in [5.74, 6) is 0. The molecule has 0 unspecified atom stereocenters. The van der Waals surface area contributed by atoms with Crippen molar-refractivity contribution in [2.75, 3.05) is 0 Å². The second kappa shape index (κ2) is 8.63. The number of nitrogens with zero attached hydrogens (tertiary/aromatic N) is 5. The van der Waals surface area contributed by atoms with Crippen LogP contribution < -0.4 is 5.56 Å². The van der Waals surface area contributed by atoms with Crippen LogP contribution in [0, 0.1) is 22.7 Å². The minimum atomic E-state index is -0.647. The molecular formula is C27H14ClN5O. The fraction of sp³-hybridized carbons (Fsp3) is 0. The van der Waals surface area contributed by atoms with Crippen molar-refractivity contribution in [3.63, 3.8) is 0 Å². The highest BCUT2D eigenvalue weighted by Gasteiger charge is 2.23. The Bertz CT molecular complexity index is 1680. The van der Waals surface area contributed by atoms with Crippen molar-refractivity contribution in [1.82, 2.24) is 14.6 Å². The molecule has 5 rings (SSSR count). The SMILES string of the molecule is N#Cc1c(-c2ccc(Cl)cc2)c(C#N)c2nc(-c3ccccc3)c(-c3ccccc3)nn2c1=O. The molecule has 2 heterocycles. The molecule has 0 fully saturated rings. The lowest BCUT2D eigenvalue weighted by Crippen LogP contribution is -2.23. The number of hydrogen-bond acceptors (Lipinski definition) is 5. The first kappa shape index (κ1) is 21.1. The summed E-state index contributed by atoms with van der Waals surface area (Å²) >= 11 is 6.02. The van der Waals surface area contributed by atoms with Crippen molar-refractivity contribution < 1.29 is 0 Å². The highest BCUT2D eigenvalue weighted by Crippen LogP contribution is 2.32. The fourth-order valence-corrected chi connectivity index (χ4v) is 3.98. The van der Waals surface area contributed by atoms with Gasteiger partial charge in [-0.2, -0.15) is 20.1 Å². The van der Waals surface area contributed by atoms with E-state index >= 15 is 0 Å². The van der Waals surface area contributed by atoms with E-state index in [1.165, 1.54) is 0 Å². The predicted octanol–water partition coefficient (Wildman–Crippen LogP) is 5.49. The molecule has 160 valence electrons. The van der Waals surface area contributed by atoms with Gasteiger partial charge in [0.2, 0.25) is 0 Å². The van der Waals surface area contributed by atoms with E-state index < -0.39 is 5.56 Å². The van der Waals surface area contributed by atoms with Crippen LogP contribution in [0.4, 0.5) is 0 Å². The van der Waals surface area contributed by atoms with E-state index in [0.717, 1.165) is 15.6 Å². The predicted molar refractivity (Wildman–Crippen MR) is 130 cm³/mol. The average molecular weight is 460 g/mol. The Morgan fingerprint density at radius 3 is 1.82 bits per heavy atom. The molecule has 34 heavy (non-hydrogen) atoms. The minimum absolute atomic E-state index is 0.0787. The molecule has 0 N–H and O–H groups in total. The van der Waals surface area contributed by atoms with E-state index in [0.29, 0.717) is 22.0 Å². The van der Waals surface area contributed by atoms with Gasteiger partial charge in [-0.25, -0.2) is 4.98 Å². The molecule has 0 aliphatic carbocycles. The molecule has 0 aliphatic rings. The lowest BCUT2D eigenvalue weighted by molar-refractivity contribution is 0.865. The highest BCUT2D eigenvalue weighted by atomic mass is 35.5. The third-order valence-electron chi connectivity index (χ3n) is 5.42. The molecule has 0 amide bonds. The Labute approximate surface area is 199 Å². The Morgan fingerprint density at radius 1 is 0.706 bits per heavy atom. The zero-order valence-electron chi connectivity index (χ0n) is 17.6. The maximum atomic E-state index is 13.4. The van der Waals surface area contributed by atoms with Crippen molar-refractivity contribution in [2.24, 2.45) is 0 Å². The molecule has 7 heteroatoms. The molecule has 0 spiro atoms. The standard InChI is InChI=1S/C27H14ClN5O/c28-20-13-11-17(12-14-20)23-21(15-29)26-31-24(18-7-3-1-4-8-18)25(19-9-5-2-6-10-19)32-33(26)27(34)22(23)16-30/h1-14H. The van der Waals surface area contributed by atoms with Crippen LogP contribution in [-0.4, -0.2) is 14.6 Å². The van der Waals surface area contributed by atoms with Crippen LogP contribution in [-0.2, 0) is 0 Å². The third kappa shape index (κ3) is 3.49. The largest absolute Gasteiger partial charge is 0.291 e. The van der Waals surface area contributed by atoms with Gasteiger partial charge in [-0.05, 0) is 17.7 Å². The fourth-order valence-electron chi connectivity index (χ4n) is 3.86. The summed E-state index contributed by atoms with van der Waals surface area (Å²) in [5.41, 5.74) is 2.59. The van der Waals surface area contributed by atoms with E-state index in [2.05, 4.69) is 11.2 Å². The monoisotopic (exact) mass is 459 g/mol. The maximum Gasteiger partial charge on any atom is 0.291 e. The topological polar surface area (TPSA) is 94.8 Å². The quantitative estimate of drug-likeness (QED) is 0.355. The van der Waals surface area contributed by atoms with Crippen LogP contribution in [0.2, 0.25) is 5.02 Å². The summed E-state index contributed by atoms with van der Waals surface area (Å²) in [6, 6.07) is 29.5.